The van der Waals surface area contributed by atoms with Gasteiger partial charge in [-0.3, -0.25) is 0 Å². The van der Waals surface area contributed by atoms with E-state index in [4.69, 9.17) is 4.74 Å². The van der Waals surface area contributed by atoms with Gasteiger partial charge in [0.15, 0.2) is 34.9 Å². The standard InChI is InChI=1S/C27H11F9O/c1-37-12-8-17(31)21(18(32)9-12)20-14-7-11(28)3-4-13(14)19(10-2-5-15(29)16(30)6-10)22-23(20)25(34)27(36)26(35)24(22)33/h2-9H,1H3. The van der Waals surface area contributed by atoms with Gasteiger partial charge >= 0.3 is 0 Å². The minimum Gasteiger partial charge on any atom is -0.497 e. The summed E-state index contributed by atoms with van der Waals surface area (Å²) in [6, 6.07) is 6.16. The Bertz CT molecular complexity index is 1740. The minimum atomic E-state index is -2.30. The molecule has 0 radical (unpaired) electrons. The van der Waals surface area contributed by atoms with Crippen molar-refractivity contribution in [2.45, 2.75) is 0 Å². The molecule has 0 amide bonds. The fourth-order valence-electron chi connectivity index (χ4n) is 4.43. The third kappa shape index (κ3) is 3.66. The minimum absolute atomic E-state index is 0.242. The van der Waals surface area contributed by atoms with Crippen LogP contribution >= 0.6 is 0 Å². The van der Waals surface area contributed by atoms with Crippen molar-refractivity contribution in [2.24, 2.45) is 0 Å². The molecule has 10 heteroatoms. The summed E-state index contributed by atoms with van der Waals surface area (Å²) in [5, 5.41) is -2.85. The van der Waals surface area contributed by atoms with Crippen LogP contribution in [0.2, 0.25) is 0 Å². The van der Waals surface area contributed by atoms with Gasteiger partial charge in [0, 0.05) is 34.0 Å². The van der Waals surface area contributed by atoms with Crippen molar-refractivity contribution >= 4 is 21.5 Å². The van der Waals surface area contributed by atoms with Crippen molar-refractivity contribution in [2.75, 3.05) is 7.11 Å². The monoisotopic (exact) mass is 522 g/mol. The zero-order valence-corrected chi connectivity index (χ0v) is 18.4. The second-order valence-corrected chi connectivity index (χ2v) is 8.04. The average molecular weight is 522 g/mol. The lowest BCUT2D eigenvalue weighted by Crippen LogP contribution is -2.04. The van der Waals surface area contributed by atoms with E-state index >= 15 is 17.6 Å². The molecule has 5 rings (SSSR count). The Balaban J connectivity index is 2.13. The van der Waals surface area contributed by atoms with Gasteiger partial charge in [-0.25, -0.2) is 39.5 Å². The molecule has 0 atom stereocenters. The van der Waals surface area contributed by atoms with E-state index in [0.29, 0.717) is 24.3 Å². The zero-order chi connectivity index (χ0) is 26.8. The van der Waals surface area contributed by atoms with Crippen LogP contribution in [0.1, 0.15) is 0 Å². The topological polar surface area (TPSA) is 9.23 Å². The molecular formula is C27H11F9O. The molecule has 37 heavy (non-hydrogen) atoms. The Morgan fingerprint density at radius 3 is 1.65 bits per heavy atom. The Hall–Kier alpha value is -4.21. The number of fused-ring (bicyclic) bond motifs is 2. The Labute approximate surface area is 202 Å². The molecule has 0 heterocycles. The van der Waals surface area contributed by atoms with Crippen molar-refractivity contribution in [3.63, 3.8) is 0 Å². The van der Waals surface area contributed by atoms with E-state index < -0.39 is 85.2 Å². The molecule has 0 aliphatic rings. The highest BCUT2D eigenvalue weighted by atomic mass is 19.2. The normalized spacial score (nSPS) is 11.5. The Kier molecular flexibility index (Phi) is 5.77. The fraction of sp³-hybridized carbons (Fsp3) is 0.0370. The molecule has 5 aromatic carbocycles. The number of methoxy groups -OCH3 is 1. The highest BCUT2D eigenvalue weighted by Crippen LogP contribution is 2.48. The number of rotatable bonds is 3. The van der Waals surface area contributed by atoms with E-state index in [9.17, 15) is 22.0 Å². The largest absolute Gasteiger partial charge is 0.497 e. The molecule has 1 nitrogen and oxygen atoms in total. The highest BCUT2D eigenvalue weighted by Gasteiger charge is 2.30. The van der Waals surface area contributed by atoms with E-state index in [1.807, 2.05) is 0 Å². The molecule has 0 aliphatic heterocycles. The lowest BCUT2D eigenvalue weighted by molar-refractivity contribution is 0.407. The Morgan fingerprint density at radius 1 is 0.486 bits per heavy atom. The van der Waals surface area contributed by atoms with E-state index in [1.54, 1.807) is 0 Å². The van der Waals surface area contributed by atoms with Crippen molar-refractivity contribution < 1.29 is 44.3 Å². The van der Waals surface area contributed by atoms with Crippen molar-refractivity contribution in [1.29, 1.82) is 0 Å². The van der Waals surface area contributed by atoms with E-state index in [-0.39, 0.29) is 16.7 Å². The number of benzene rings is 5. The first kappa shape index (κ1) is 24.5. The van der Waals surface area contributed by atoms with E-state index in [0.717, 1.165) is 31.4 Å². The summed E-state index contributed by atoms with van der Waals surface area (Å²) < 4.78 is 137. The van der Waals surface area contributed by atoms with Gasteiger partial charge in [0.05, 0.1) is 12.7 Å². The SMILES string of the molecule is COc1cc(F)c(-c2c3cc(F)ccc3c(-c3ccc(F)c(F)c3)c3c(F)c(F)c(F)c(F)c23)c(F)c1. The smallest absolute Gasteiger partial charge is 0.198 e. The quantitative estimate of drug-likeness (QED) is 0.0998. The van der Waals surface area contributed by atoms with Gasteiger partial charge in [-0.2, -0.15) is 0 Å². The van der Waals surface area contributed by atoms with Gasteiger partial charge in [-0.1, -0.05) is 12.1 Å². The summed E-state index contributed by atoms with van der Waals surface area (Å²) in [5.74, 6) is -15.3. The maximum atomic E-state index is 15.4. The first-order valence-corrected chi connectivity index (χ1v) is 10.4. The van der Waals surface area contributed by atoms with Crippen LogP contribution in [0.25, 0.3) is 43.8 Å². The van der Waals surface area contributed by atoms with Crippen molar-refractivity contribution in [1.82, 2.24) is 0 Å². The Morgan fingerprint density at radius 2 is 1.08 bits per heavy atom. The van der Waals surface area contributed by atoms with Crippen LogP contribution in [0.3, 0.4) is 0 Å². The molecule has 5 aromatic rings. The van der Waals surface area contributed by atoms with Gasteiger partial charge in [0.25, 0.3) is 0 Å². The molecule has 0 saturated heterocycles. The molecular weight excluding hydrogens is 511 g/mol. The van der Waals surface area contributed by atoms with Crippen LogP contribution in [-0.2, 0) is 0 Å². The lowest BCUT2D eigenvalue weighted by Gasteiger charge is -2.20. The first-order chi connectivity index (χ1) is 17.5. The van der Waals surface area contributed by atoms with E-state index in [1.165, 1.54) is 0 Å². The maximum absolute atomic E-state index is 15.4. The molecule has 0 saturated carbocycles. The number of ether oxygens (including phenoxy) is 1. The summed E-state index contributed by atoms with van der Waals surface area (Å²) in [5.41, 5.74) is -2.66. The molecule has 0 spiro atoms. The number of hydrogen-bond donors (Lipinski definition) is 0. The first-order valence-electron chi connectivity index (χ1n) is 10.4. The third-order valence-corrected chi connectivity index (χ3v) is 6.00. The van der Waals surface area contributed by atoms with Crippen LogP contribution in [0.4, 0.5) is 39.5 Å². The van der Waals surface area contributed by atoms with Crippen molar-refractivity contribution in [3.05, 3.63) is 101 Å². The predicted octanol–water partition coefficient (Wildman–Crippen LogP) is 8.59. The van der Waals surface area contributed by atoms with Crippen LogP contribution in [-0.4, -0.2) is 7.11 Å². The van der Waals surface area contributed by atoms with Gasteiger partial charge in [0.2, 0.25) is 0 Å². The lowest BCUT2D eigenvalue weighted by atomic mass is 9.85. The molecule has 188 valence electrons. The summed E-state index contributed by atoms with van der Waals surface area (Å²) >= 11 is 0. The summed E-state index contributed by atoms with van der Waals surface area (Å²) in [6.45, 7) is 0. The van der Waals surface area contributed by atoms with Crippen LogP contribution < -0.4 is 4.74 Å². The second-order valence-electron chi connectivity index (χ2n) is 8.04. The van der Waals surface area contributed by atoms with Gasteiger partial charge in [0.1, 0.15) is 23.2 Å². The summed E-state index contributed by atoms with van der Waals surface area (Å²) in [6.07, 6.45) is 0. The average Bonchev–Trinajstić information content (AvgIpc) is 2.86. The summed E-state index contributed by atoms with van der Waals surface area (Å²) in [4.78, 5) is 0. The second kappa shape index (κ2) is 8.72. The molecule has 0 bridgehead atoms. The van der Waals surface area contributed by atoms with Crippen molar-refractivity contribution in [3.8, 4) is 28.0 Å². The van der Waals surface area contributed by atoms with Crippen LogP contribution in [0.5, 0.6) is 5.75 Å². The zero-order valence-electron chi connectivity index (χ0n) is 18.4. The fourth-order valence-corrected chi connectivity index (χ4v) is 4.43. The number of hydrogen-bond acceptors (Lipinski definition) is 1. The molecule has 0 unspecified atom stereocenters. The van der Waals surface area contributed by atoms with E-state index in [2.05, 4.69) is 0 Å². The molecule has 0 aliphatic carbocycles. The molecule has 0 fully saturated rings. The van der Waals surface area contributed by atoms with Gasteiger partial charge < -0.3 is 4.74 Å². The number of halogens is 9. The van der Waals surface area contributed by atoms with Crippen LogP contribution in [0.15, 0.2) is 48.5 Å². The van der Waals surface area contributed by atoms with Gasteiger partial charge in [-0.15, -0.1) is 0 Å². The maximum Gasteiger partial charge on any atom is 0.198 e. The highest BCUT2D eigenvalue weighted by molar-refractivity contribution is 6.21. The molecule has 0 N–H and O–H groups in total. The predicted molar refractivity (Wildman–Crippen MR) is 119 cm³/mol. The molecule has 0 aromatic heterocycles. The summed E-state index contributed by atoms with van der Waals surface area (Å²) in [7, 11) is 1.11. The van der Waals surface area contributed by atoms with Crippen LogP contribution in [0, 0.1) is 52.4 Å². The third-order valence-electron chi connectivity index (χ3n) is 6.00. The van der Waals surface area contributed by atoms with Gasteiger partial charge in [-0.05, 0) is 40.6 Å².